The molecular formula is C17H20N2O2. The molecule has 0 aliphatic carbocycles. The second-order valence-electron chi connectivity index (χ2n) is 4.72. The third kappa shape index (κ3) is 4.05. The Morgan fingerprint density at radius 1 is 1.24 bits per heavy atom. The molecule has 1 aromatic heterocycles. The average Bonchev–Trinajstić information content (AvgIpc) is 2.56. The summed E-state index contributed by atoms with van der Waals surface area (Å²) in [7, 11) is 1.60. The lowest BCUT2D eigenvalue weighted by Gasteiger charge is -2.21. The molecule has 0 aliphatic heterocycles. The van der Waals surface area contributed by atoms with Crippen LogP contribution in [0.5, 0.6) is 5.75 Å². The first-order chi connectivity index (χ1) is 10.2. The van der Waals surface area contributed by atoms with E-state index in [0.717, 1.165) is 6.42 Å². The molecule has 0 fully saturated rings. The summed E-state index contributed by atoms with van der Waals surface area (Å²) in [5.74, 6) is 0.733. The Morgan fingerprint density at radius 2 is 2.00 bits per heavy atom. The van der Waals surface area contributed by atoms with Gasteiger partial charge in [-0.2, -0.15) is 0 Å². The van der Waals surface area contributed by atoms with Crippen LogP contribution in [0.3, 0.4) is 0 Å². The van der Waals surface area contributed by atoms with Crippen LogP contribution in [0.2, 0.25) is 0 Å². The van der Waals surface area contributed by atoms with E-state index in [4.69, 9.17) is 4.74 Å². The molecular weight excluding hydrogens is 264 g/mol. The van der Waals surface area contributed by atoms with Crippen molar-refractivity contribution in [3.05, 3.63) is 59.9 Å². The van der Waals surface area contributed by atoms with Crippen LogP contribution in [0.4, 0.5) is 0 Å². The number of pyridine rings is 1. The number of methoxy groups -OCH3 is 1. The maximum Gasteiger partial charge on any atom is 0.253 e. The molecule has 0 N–H and O–H groups in total. The highest BCUT2D eigenvalue weighted by Crippen LogP contribution is 2.14. The molecule has 0 atom stereocenters. The molecule has 1 heterocycles. The number of benzene rings is 1. The van der Waals surface area contributed by atoms with Gasteiger partial charge in [-0.25, -0.2) is 0 Å². The molecule has 4 nitrogen and oxygen atoms in total. The van der Waals surface area contributed by atoms with E-state index in [-0.39, 0.29) is 5.91 Å². The summed E-state index contributed by atoms with van der Waals surface area (Å²) < 4.78 is 5.17. The molecule has 21 heavy (non-hydrogen) atoms. The molecule has 0 spiro atoms. The van der Waals surface area contributed by atoms with Gasteiger partial charge in [-0.05, 0) is 49.2 Å². The molecule has 0 bridgehead atoms. The molecule has 0 aliphatic rings. The van der Waals surface area contributed by atoms with Crippen LogP contribution in [-0.4, -0.2) is 36.0 Å². The first-order valence-corrected chi connectivity index (χ1v) is 7.07. The van der Waals surface area contributed by atoms with Crippen molar-refractivity contribution in [2.24, 2.45) is 0 Å². The first-order valence-electron chi connectivity index (χ1n) is 7.07. The SMILES string of the molecule is CCN(CCc1ccncc1)C(=O)c1cccc(OC)c1. The van der Waals surface area contributed by atoms with Gasteiger partial charge in [0, 0.05) is 31.0 Å². The van der Waals surface area contributed by atoms with Crippen molar-refractivity contribution in [1.82, 2.24) is 9.88 Å². The summed E-state index contributed by atoms with van der Waals surface area (Å²) >= 11 is 0. The van der Waals surface area contributed by atoms with E-state index in [9.17, 15) is 4.79 Å². The number of ether oxygens (including phenoxy) is 1. The Morgan fingerprint density at radius 3 is 2.67 bits per heavy atom. The maximum atomic E-state index is 12.5. The molecule has 0 saturated heterocycles. The van der Waals surface area contributed by atoms with Crippen LogP contribution in [0.1, 0.15) is 22.8 Å². The standard InChI is InChI=1S/C17H20N2O2/c1-3-19(12-9-14-7-10-18-11-8-14)17(20)15-5-4-6-16(13-15)21-2/h4-8,10-11,13H,3,9,12H2,1-2H3. The highest BCUT2D eigenvalue weighted by atomic mass is 16.5. The first kappa shape index (κ1) is 15.0. The van der Waals surface area contributed by atoms with Crippen molar-refractivity contribution in [3.8, 4) is 5.75 Å². The van der Waals surface area contributed by atoms with Gasteiger partial charge in [0.1, 0.15) is 5.75 Å². The molecule has 110 valence electrons. The third-order valence-corrected chi connectivity index (χ3v) is 3.41. The Labute approximate surface area is 125 Å². The second-order valence-corrected chi connectivity index (χ2v) is 4.72. The lowest BCUT2D eigenvalue weighted by molar-refractivity contribution is 0.0766. The van der Waals surface area contributed by atoms with E-state index in [1.54, 1.807) is 25.6 Å². The second kappa shape index (κ2) is 7.43. The monoisotopic (exact) mass is 284 g/mol. The van der Waals surface area contributed by atoms with E-state index in [1.807, 2.05) is 42.2 Å². The summed E-state index contributed by atoms with van der Waals surface area (Å²) in [5.41, 5.74) is 1.84. The van der Waals surface area contributed by atoms with Crippen molar-refractivity contribution >= 4 is 5.91 Å². The Kier molecular flexibility index (Phi) is 5.32. The predicted molar refractivity (Wildman–Crippen MR) is 82.5 cm³/mol. The third-order valence-electron chi connectivity index (χ3n) is 3.41. The molecule has 1 amide bonds. The van der Waals surface area contributed by atoms with Crippen molar-refractivity contribution in [2.45, 2.75) is 13.3 Å². The smallest absolute Gasteiger partial charge is 0.253 e. The molecule has 0 radical (unpaired) electrons. The van der Waals surface area contributed by atoms with Gasteiger partial charge in [0.25, 0.3) is 5.91 Å². The molecule has 0 unspecified atom stereocenters. The topological polar surface area (TPSA) is 42.4 Å². The molecule has 4 heteroatoms. The van der Waals surface area contributed by atoms with Gasteiger partial charge in [-0.3, -0.25) is 9.78 Å². The number of aromatic nitrogens is 1. The lowest BCUT2D eigenvalue weighted by atomic mass is 10.1. The number of hydrogen-bond donors (Lipinski definition) is 0. The van der Waals surface area contributed by atoms with E-state index in [2.05, 4.69) is 4.98 Å². The zero-order valence-corrected chi connectivity index (χ0v) is 12.5. The zero-order valence-electron chi connectivity index (χ0n) is 12.5. The number of rotatable bonds is 6. The molecule has 1 aromatic carbocycles. The Balaban J connectivity index is 2.04. The van der Waals surface area contributed by atoms with Crippen molar-refractivity contribution in [2.75, 3.05) is 20.2 Å². The lowest BCUT2D eigenvalue weighted by Crippen LogP contribution is -2.32. The quantitative estimate of drug-likeness (QED) is 0.819. The summed E-state index contributed by atoms with van der Waals surface area (Å²) in [5, 5.41) is 0. The van der Waals surface area contributed by atoms with E-state index >= 15 is 0 Å². The minimum Gasteiger partial charge on any atom is -0.497 e. The summed E-state index contributed by atoms with van der Waals surface area (Å²) in [4.78, 5) is 18.4. The Bertz CT molecular complexity index is 584. The predicted octanol–water partition coefficient (Wildman–Crippen LogP) is 2.80. The fourth-order valence-corrected chi connectivity index (χ4v) is 2.16. The van der Waals surface area contributed by atoms with Gasteiger partial charge in [-0.1, -0.05) is 6.07 Å². The average molecular weight is 284 g/mol. The van der Waals surface area contributed by atoms with Gasteiger partial charge in [-0.15, -0.1) is 0 Å². The molecule has 0 saturated carbocycles. The minimum absolute atomic E-state index is 0.0328. The summed E-state index contributed by atoms with van der Waals surface area (Å²) in [6.45, 7) is 3.36. The number of carbonyl (C=O) groups is 1. The van der Waals surface area contributed by atoms with Gasteiger partial charge >= 0.3 is 0 Å². The molecule has 2 rings (SSSR count). The minimum atomic E-state index is 0.0328. The van der Waals surface area contributed by atoms with E-state index in [0.29, 0.717) is 24.4 Å². The van der Waals surface area contributed by atoms with Crippen LogP contribution in [0.25, 0.3) is 0 Å². The Hall–Kier alpha value is -2.36. The summed E-state index contributed by atoms with van der Waals surface area (Å²) in [6, 6.07) is 11.2. The maximum absolute atomic E-state index is 12.5. The largest absolute Gasteiger partial charge is 0.497 e. The van der Waals surface area contributed by atoms with Crippen molar-refractivity contribution in [1.29, 1.82) is 0 Å². The highest BCUT2D eigenvalue weighted by Gasteiger charge is 2.14. The van der Waals surface area contributed by atoms with E-state index in [1.165, 1.54) is 5.56 Å². The highest BCUT2D eigenvalue weighted by molar-refractivity contribution is 5.94. The normalized spacial score (nSPS) is 10.2. The number of hydrogen-bond acceptors (Lipinski definition) is 3. The summed E-state index contributed by atoms with van der Waals surface area (Å²) in [6.07, 6.45) is 4.37. The van der Waals surface area contributed by atoms with Gasteiger partial charge in [0.15, 0.2) is 0 Å². The van der Waals surface area contributed by atoms with Crippen LogP contribution in [0, 0.1) is 0 Å². The number of amides is 1. The van der Waals surface area contributed by atoms with Crippen LogP contribution in [0.15, 0.2) is 48.8 Å². The fraction of sp³-hybridized carbons (Fsp3) is 0.294. The van der Waals surface area contributed by atoms with Crippen LogP contribution in [-0.2, 0) is 6.42 Å². The van der Waals surface area contributed by atoms with Crippen LogP contribution < -0.4 is 4.74 Å². The molecule has 2 aromatic rings. The van der Waals surface area contributed by atoms with Crippen molar-refractivity contribution < 1.29 is 9.53 Å². The fourth-order valence-electron chi connectivity index (χ4n) is 2.16. The number of likely N-dealkylation sites (N-methyl/N-ethyl adjacent to an activating group) is 1. The van der Waals surface area contributed by atoms with Gasteiger partial charge in [0.2, 0.25) is 0 Å². The number of nitrogens with zero attached hydrogens (tertiary/aromatic N) is 2. The zero-order chi connectivity index (χ0) is 15.1. The van der Waals surface area contributed by atoms with Crippen LogP contribution >= 0.6 is 0 Å². The van der Waals surface area contributed by atoms with E-state index < -0.39 is 0 Å². The van der Waals surface area contributed by atoms with Gasteiger partial charge in [0.05, 0.1) is 7.11 Å². The van der Waals surface area contributed by atoms with Gasteiger partial charge < -0.3 is 9.64 Å². The van der Waals surface area contributed by atoms with Crippen molar-refractivity contribution in [3.63, 3.8) is 0 Å². The number of carbonyl (C=O) groups excluding carboxylic acids is 1.